The number of aromatic nitrogens is 2. The van der Waals surface area contributed by atoms with Gasteiger partial charge < -0.3 is 12.4 Å². The highest BCUT2D eigenvalue weighted by atomic mass is 35.5. The Hall–Kier alpha value is -1.80. The summed E-state index contributed by atoms with van der Waals surface area (Å²) in [4.78, 5) is 0. The number of nitrogens with zero attached hydrogens (tertiary/aromatic N) is 2. The molecular weight excluding hydrogens is 328 g/mol. The lowest BCUT2D eigenvalue weighted by atomic mass is 9.92. The van der Waals surface area contributed by atoms with Crippen LogP contribution in [0.3, 0.4) is 0 Å². The SMILES string of the molecule is CC(C)c1cccc(C(C)C)c1-[n+]1cc2cccc(C(C)C)n2c1.[Cl-]. The molecule has 0 saturated carbocycles. The Balaban J connectivity index is 0.00000225. The highest BCUT2D eigenvalue weighted by Crippen LogP contribution is 2.28. The summed E-state index contributed by atoms with van der Waals surface area (Å²) in [6, 6.07) is 13.3. The van der Waals surface area contributed by atoms with Crippen LogP contribution in [0.2, 0.25) is 0 Å². The molecule has 0 aliphatic heterocycles. The number of para-hydroxylation sites is 1. The number of benzene rings is 1. The van der Waals surface area contributed by atoms with Gasteiger partial charge in [-0.1, -0.05) is 65.8 Å². The van der Waals surface area contributed by atoms with Gasteiger partial charge in [-0.2, -0.15) is 4.40 Å². The zero-order chi connectivity index (χ0) is 17.4. The second-order valence-electron chi connectivity index (χ2n) is 7.65. The van der Waals surface area contributed by atoms with Gasteiger partial charge >= 0.3 is 0 Å². The summed E-state index contributed by atoms with van der Waals surface area (Å²) in [6.45, 7) is 13.6. The van der Waals surface area contributed by atoms with Gasteiger partial charge in [0.15, 0.2) is 5.52 Å². The summed E-state index contributed by atoms with van der Waals surface area (Å²) in [5.41, 5.74) is 6.76. The zero-order valence-corrected chi connectivity index (χ0v) is 16.9. The van der Waals surface area contributed by atoms with Crippen LogP contribution in [0, 0.1) is 0 Å². The second kappa shape index (κ2) is 7.61. The fourth-order valence-electron chi connectivity index (χ4n) is 3.50. The van der Waals surface area contributed by atoms with E-state index < -0.39 is 0 Å². The minimum Gasteiger partial charge on any atom is -1.00 e. The second-order valence-corrected chi connectivity index (χ2v) is 7.65. The maximum Gasteiger partial charge on any atom is 0.254 e. The predicted molar refractivity (Wildman–Crippen MR) is 101 cm³/mol. The molecule has 0 N–H and O–H groups in total. The van der Waals surface area contributed by atoms with Crippen molar-refractivity contribution in [1.82, 2.24) is 4.40 Å². The molecule has 0 radical (unpaired) electrons. The molecule has 1 aromatic carbocycles. The Morgan fingerprint density at radius 1 is 0.760 bits per heavy atom. The molecule has 0 aliphatic rings. The van der Waals surface area contributed by atoms with E-state index in [4.69, 9.17) is 0 Å². The molecule has 0 atom stereocenters. The van der Waals surface area contributed by atoms with Crippen LogP contribution in [-0.2, 0) is 0 Å². The minimum absolute atomic E-state index is 0. The molecule has 0 saturated heterocycles. The van der Waals surface area contributed by atoms with Crippen molar-refractivity contribution in [3.63, 3.8) is 0 Å². The van der Waals surface area contributed by atoms with E-state index in [-0.39, 0.29) is 12.4 Å². The van der Waals surface area contributed by atoms with Crippen LogP contribution >= 0.6 is 0 Å². The lowest BCUT2D eigenvalue weighted by Crippen LogP contribution is -3.00. The van der Waals surface area contributed by atoms with Crippen LogP contribution in [0.5, 0.6) is 0 Å². The van der Waals surface area contributed by atoms with E-state index in [1.807, 2.05) is 0 Å². The monoisotopic (exact) mass is 356 g/mol. The molecule has 0 bridgehead atoms. The Labute approximate surface area is 157 Å². The van der Waals surface area contributed by atoms with Crippen molar-refractivity contribution in [2.45, 2.75) is 59.3 Å². The Kier molecular flexibility index (Phi) is 5.95. The van der Waals surface area contributed by atoms with E-state index in [1.165, 1.54) is 28.0 Å². The molecule has 3 aromatic rings. The number of halogens is 1. The molecule has 0 unspecified atom stereocenters. The number of imidazole rings is 1. The van der Waals surface area contributed by atoms with Crippen LogP contribution in [0.25, 0.3) is 11.2 Å². The fraction of sp³-hybridized carbons (Fsp3) is 0.409. The maximum atomic E-state index is 2.33. The van der Waals surface area contributed by atoms with Gasteiger partial charge in [-0.05, 0) is 24.0 Å². The van der Waals surface area contributed by atoms with Gasteiger partial charge in [-0.3, -0.25) is 0 Å². The Morgan fingerprint density at radius 3 is 1.84 bits per heavy atom. The van der Waals surface area contributed by atoms with Crippen molar-refractivity contribution in [3.8, 4) is 5.69 Å². The lowest BCUT2D eigenvalue weighted by molar-refractivity contribution is -0.595. The first-order chi connectivity index (χ1) is 11.4. The van der Waals surface area contributed by atoms with Gasteiger partial charge in [-0.15, -0.1) is 0 Å². The van der Waals surface area contributed by atoms with Crippen LogP contribution in [0.15, 0.2) is 48.9 Å². The summed E-state index contributed by atoms with van der Waals surface area (Å²) in [7, 11) is 0. The molecule has 25 heavy (non-hydrogen) atoms. The molecule has 0 amide bonds. The zero-order valence-electron chi connectivity index (χ0n) is 16.1. The van der Waals surface area contributed by atoms with Gasteiger partial charge in [0.2, 0.25) is 0 Å². The number of pyridine rings is 1. The lowest BCUT2D eigenvalue weighted by Gasteiger charge is -2.16. The van der Waals surface area contributed by atoms with Crippen molar-refractivity contribution >= 4 is 5.52 Å². The summed E-state index contributed by atoms with van der Waals surface area (Å²) in [5.74, 6) is 1.50. The average Bonchev–Trinajstić information content (AvgIpc) is 2.97. The number of hydrogen-bond donors (Lipinski definition) is 0. The number of rotatable bonds is 4. The smallest absolute Gasteiger partial charge is 0.254 e. The third-order valence-electron chi connectivity index (χ3n) is 4.79. The van der Waals surface area contributed by atoms with Gasteiger partial charge in [0.1, 0.15) is 17.6 Å². The third kappa shape index (κ3) is 3.59. The summed E-state index contributed by atoms with van der Waals surface area (Å²) >= 11 is 0. The maximum absolute atomic E-state index is 2.33. The predicted octanol–water partition coefficient (Wildman–Crippen LogP) is 2.59. The fourth-order valence-corrected chi connectivity index (χ4v) is 3.50. The molecule has 2 aromatic heterocycles. The van der Waals surface area contributed by atoms with Gasteiger partial charge in [0, 0.05) is 17.0 Å². The van der Waals surface area contributed by atoms with Crippen molar-refractivity contribution in [1.29, 1.82) is 0 Å². The normalized spacial score (nSPS) is 11.6. The standard InChI is InChI=1S/C22H29N2.ClH/c1-15(2)19-10-8-11-20(16(3)4)22(19)23-13-18-9-7-12-21(17(5)6)24(18)14-23;/h7-17H,1-6H3;1H/q+1;/p-1. The van der Waals surface area contributed by atoms with Crippen molar-refractivity contribution in [2.75, 3.05) is 0 Å². The van der Waals surface area contributed by atoms with E-state index in [9.17, 15) is 0 Å². The quantitative estimate of drug-likeness (QED) is 0.635. The Bertz CT molecular complexity index is 833. The summed E-state index contributed by atoms with van der Waals surface area (Å²) < 4.78 is 4.65. The molecule has 3 heteroatoms. The van der Waals surface area contributed by atoms with Crippen molar-refractivity contribution in [2.24, 2.45) is 0 Å². The van der Waals surface area contributed by atoms with Crippen LogP contribution in [-0.4, -0.2) is 4.40 Å². The van der Waals surface area contributed by atoms with Crippen molar-refractivity contribution < 1.29 is 17.0 Å². The summed E-state index contributed by atoms with van der Waals surface area (Å²) in [6.07, 6.45) is 4.51. The first-order valence-electron chi connectivity index (χ1n) is 9.05. The van der Waals surface area contributed by atoms with Crippen LogP contribution < -0.4 is 17.0 Å². The summed E-state index contributed by atoms with van der Waals surface area (Å²) in [5, 5.41) is 0. The molecule has 3 rings (SSSR count). The molecule has 2 heterocycles. The minimum atomic E-state index is 0. The number of fused-ring (bicyclic) bond motifs is 1. The third-order valence-corrected chi connectivity index (χ3v) is 4.79. The first kappa shape index (κ1) is 19.5. The van der Waals surface area contributed by atoms with E-state index in [0.29, 0.717) is 17.8 Å². The van der Waals surface area contributed by atoms with Crippen molar-refractivity contribution in [3.05, 3.63) is 65.7 Å². The number of hydrogen-bond acceptors (Lipinski definition) is 0. The van der Waals surface area contributed by atoms with Gasteiger partial charge in [0.25, 0.3) is 6.33 Å². The highest BCUT2D eigenvalue weighted by Gasteiger charge is 2.21. The van der Waals surface area contributed by atoms with Gasteiger partial charge in [0.05, 0.1) is 0 Å². The first-order valence-corrected chi connectivity index (χ1v) is 9.05. The van der Waals surface area contributed by atoms with E-state index in [0.717, 1.165) is 0 Å². The molecule has 0 spiro atoms. The Morgan fingerprint density at radius 2 is 1.32 bits per heavy atom. The van der Waals surface area contributed by atoms with Gasteiger partial charge in [-0.25, -0.2) is 4.57 Å². The van der Waals surface area contributed by atoms with E-state index in [1.54, 1.807) is 0 Å². The molecule has 0 aliphatic carbocycles. The average molecular weight is 357 g/mol. The van der Waals surface area contributed by atoms with E-state index in [2.05, 4.69) is 99.4 Å². The largest absolute Gasteiger partial charge is 1.00 e. The molecule has 134 valence electrons. The highest BCUT2D eigenvalue weighted by molar-refractivity contribution is 5.48. The van der Waals surface area contributed by atoms with Crippen LogP contribution in [0.1, 0.15) is 76.1 Å². The topological polar surface area (TPSA) is 8.29 Å². The molecular formula is C22H29ClN2. The van der Waals surface area contributed by atoms with E-state index >= 15 is 0 Å². The van der Waals surface area contributed by atoms with Crippen LogP contribution in [0.4, 0.5) is 0 Å². The molecule has 2 nitrogen and oxygen atoms in total. The molecule has 0 fully saturated rings.